The third kappa shape index (κ3) is 4.22. The van der Waals surface area contributed by atoms with Gasteiger partial charge in [0.25, 0.3) is 0 Å². The van der Waals surface area contributed by atoms with E-state index in [0.29, 0.717) is 44.8 Å². The summed E-state index contributed by atoms with van der Waals surface area (Å²) in [6, 6.07) is 6.65. The molecule has 166 valence electrons. The summed E-state index contributed by atoms with van der Waals surface area (Å²) in [4.78, 5) is 17.2. The number of sulfonamides is 1. The number of benzene rings is 1. The van der Waals surface area contributed by atoms with E-state index in [2.05, 4.69) is 0 Å². The van der Waals surface area contributed by atoms with Crippen molar-refractivity contribution in [3.63, 3.8) is 0 Å². The van der Waals surface area contributed by atoms with Crippen molar-refractivity contribution in [1.82, 2.24) is 14.1 Å². The highest BCUT2D eigenvalue weighted by Crippen LogP contribution is 2.37. The fourth-order valence-electron chi connectivity index (χ4n) is 4.99. The fourth-order valence-corrected chi connectivity index (χ4v) is 6.79. The average Bonchev–Trinajstić information content (AvgIpc) is 3.15. The van der Waals surface area contributed by atoms with Crippen LogP contribution < -0.4 is 4.74 Å². The first-order chi connectivity index (χ1) is 14.4. The van der Waals surface area contributed by atoms with Gasteiger partial charge in [0.2, 0.25) is 15.9 Å². The van der Waals surface area contributed by atoms with Crippen molar-refractivity contribution in [2.45, 2.75) is 55.6 Å². The van der Waals surface area contributed by atoms with Gasteiger partial charge in [-0.3, -0.25) is 4.79 Å². The summed E-state index contributed by atoms with van der Waals surface area (Å²) in [5.74, 6) is 0.811. The van der Waals surface area contributed by atoms with Gasteiger partial charge in [0.05, 0.1) is 6.04 Å². The summed E-state index contributed by atoms with van der Waals surface area (Å²) in [7, 11) is 0.215. The molecule has 0 aromatic heterocycles. The Morgan fingerprint density at radius 2 is 1.80 bits per heavy atom. The topological polar surface area (TPSA) is 70.2 Å². The van der Waals surface area contributed by atoms with E-state index in [1.807, 2.05) is 30.0 Å². The summed E-state index contributed by atoms with van der Waals surface area (Å²) in [6.45, 7) is 2.25. The number of likely N-dealkylation sites (tertiary alicyclic amines) is 1. The van der Waals surface area contributed by atoms with E-state index < -0.39 is 10.0 Å². The van der Waals surface area contributed by atoms with Crippen molar-refractivity contribution in [3.8, 4) is 5.75 Å². The van der Waals surface area contributed by atoms with Crippen LogP contribution in [0, 0.1) is 5.92 Å². The zero-order chi connectivity index (χ0) is 21.3. The molecule has 2 heterocycles. The molecule has 2 aliphatic heterocycles. The number of rotatable bonds is 4. The van der Waals surface area contributed by atoms with Gasteiger partial charge in [-0.15, -0.1) is 0 Å². The summed E-state index contributed by atoms with van der Waals surface area (Å²) in [6.07, 6.45) is 5.21. The van der Waals surface area contributed by atoms with Gasteiger partial charge in [-0.1, -0.05) is 25.0 Å². The van der Waals surface area contributed by atoms with Crippen LogP contribution in [-0.4, -0.2) is 80.9 Å². The number of hydrogen-bond acceptors (Lipinski definition) is 5. The van der Waals surface area contributed by atoms with Crippen LogP contribution in [-0.2, 0) is 14.8 Å². The molecule has 1 aromatic carbocycles. The van der Waals surface area contributed by atoms with Crippen molar-refractivity contribution in [1.29, 1.82) is 0 Å². The number of ether oxygens (including phenoxy) is 1. The Morgan fingerprint density at radius 3 is 2.53 bits per heavy atom. The van der Waals surface area contributed by atoms with Crippen LogP contribution in [0.5, 0.6) is 5.75 Å². The molecule has 4 rings (SSSR count). The van der Waals surface area contributed by atoms with Gasteiger partial charge in [0, 0.05) is 38.5 Å². The number of carbonyl (C=O) groups excluding carboxylic acids is 1. The summed E-state index contributed by atoms with van der Waals surface area (Å²) in [5.41, 5.74) is 0. The lowest BCUT2D eigenvalue weighted by atomic mass is 10.1. The first-order valence-corrected chi connectivity index (χ1v) is 12.5. The maximum atomic E-state index is 13.6. The highest BCUT2D eigenvalue weighted by Gasteiger charge is 2.44. The minimum Gasteiger partial charge on any atom is -0.487 e. The van der Waals surface area contributed by atoms with Gasteiger partial charge < -0.3 is 14.5 Å². The van der Waals surface area contributed by atoms with Crippen molar-refractivity contribution in [3.05, 3.63) is 24.3 Å². The number of para-hydroxylation sites is 1. The van der Waals surface area contributed by atoms with E-state index in [0.717, 1.165) is 25.7 Å². The van der Waals surface area contributed by atoms with Crippen LogP contribution in [0.15, 0.2) is 29.2 Å². The average molecular weight is 436 g/mol. The van der Waals surface area contributed by atoms with Crippen LogP contribution in [0.3, 0.4) is 0 Å². The summed E-state index contributed by atoms with van der Waals surface area (Å²) >= 11 is 0. The molecule has 1 saturated carbocycles. The SMILES string of the molecule is CN(C)CCN1[C@H]2CCN(C(=O)C3CCCC3)CC[C@@H]2Oc2ccccc2S1(=O)=O. The lowest BCUT2D eigenvalue weighted by molar-refractivity contribution is -0.135. The number of carbonyl (C=O) groups is 1. The number of nitrogens with zero attached hydrogens (tertiary/aromatic N) is 3. The lowest BCUT2D eigenvalue weighted by Crippen LogP contribution is -2.49. The molecular formula is C22H33N3O4S. The van der Waals surface area contributed by atoms with E-state index in [-0.39, 0.29) is 28.9 Å². The van der Waals surface area contributed by atoms with Gasteiger partial charge in [0.15, 0.2) is 0 Å². The number of hydrogen-bond donors (Lipinski definition) is 0. The first-order valence-electron chi connectivity index (χ1n) is 11.1. The Kier molecular flexibility index (Phi) is 6.36. The molecule has 8 heteroatoms. The molecule has 1 saturated heterocycles. The van der Waals surface area contributed by atoms with Crippen molar-refractivity contribution in [2.24, 2.45) is 5.92 Å². The van der Waals surface area contributed by atoms with Crippen LogP contribution in [0.2, 0.25) is 0 Å². The third-order valence-corrected chi connectivity index (χ3v) is 8.64. The molecule has 1 aromatic rings. The molecule has 3 aliphatic rings. The van der Waals surface area contributed by atoms with Gasteiger partial charge in [0.1, 0.15) is 16.7 Å². The predicted molar refractivity (Wildman–Crippen MR) is 115 cm³/mol. The van der Waals surface area contributed by atoms with E-state index >= 15 is 0 Å². The Bertz CT molecular complexity index is 867. The Labute approximate surface area is 180 Å². The normalized spacial score (nSPS) is 27.1. The molecule has 2 atom stereocenters. The molecule has 0 unspecified atom stereocenters. The van der Waals surface area contributed by atoms with E-state index in [4.69, 9.17) is 4.74 Å². The Morgan fingerprint density at radius 1 is 1.10 bits per heavy atom. The van der Waals surface area contributed by atoms with E-state index in [1.54, 1.807) is 22.5 Å². The Balaban J connectivity index is 1.62. The third-order valence-electron chi connectivity index (χ3n) is 6.68. The van der Waals surface area contributed by atoms with Gasteiger partial charge in [-0.25, -0.2) is 8.42 Å². The molecule has 0 radical (unpaired) electrons. The molecule has 1 aliphatic carbocycles. The maximum Gasteiger partial charge on any atom is 0.247 e. The second-order valence-electron chi connectivity index (χ2n) is 8.97. The largest absolute Gasteiger partial charge is 0.487 e. The molecule has 0 N–H and O–H groups in total. The number of amides is 1. The molecule has 0 bridgehead atoms. The monoisotopic (exact) mass is 435 g/mol. The van der Waals surface area contributed by atoms with Crippen LogP contribution >= 0.6 is 0 Å². The molecule has 7 nitrogen and oxygen atoms in total. The van der Waals surface area contributed by atoms with Crippen molar-refractivity contribution in [2.75, 3.05) is 40.3 Å². The minimum atomic E-state index is -3.68. The smallest absolute Gasteiger partial charge is 0.247 e. The first kappa shape index (κ1) is 21.6. The second kappa shape index (κ2) is 8.85. The summed E-state index contributed by atoms with van der Waals surface area (Å²) < 4.78 is 35.1. The van der Waals surface area contributed by atoms with Gasteiger partial charge in [-0.2, -0.15) is 4.31 Å². The number of likely N-dealkylation sites (N-methyl/N-ethyl adjacent to an activating group) is 1. The van der Waals surface area contributed by atoms with Crippen LogP contribution in [0.4, 0.5) is 0 Å². The quantitative estimate of drug-likeness (QED) is 0.725. The molecule has 0 spiro atoms. The second-order valence-corrected chi connectivity index (χ2v) is 10.8. The highest BCUT2D eigenvalue weighted by molar-refractivity contribution is 7.89. The van der Waals surface area contributed by atoms with Crippen LogP contribution in [0.1, 0.15) is 38.5 Å². The molecule has 2 fully saturated rings. The van der Waals surface area contributed by atoms with E-state index in [1.165, 1.54) is 0 Å². The molecule has 30 heavy (non-hydrogen) atoms. The van der Waals surface area contributed by atoms with Crippen molar-refractivity contribution < 1.29 is 17.9 Å². The standard InChI is InChI=1S/C22H33N3O4S/c1-23(2)15-16-25-18-11-13-24(22(26)17-7-3-4-8-17)14-12-19(18)29-20-9-5-6-10-21(20)30(25,27)28/h5-6,9-10,17-19H,3-4,7-8,11-16H2,1-2H3/t18-,19-/m0/s1. The Hall–Kier alpha value is -1.64. The lowest BCUT2D eigenvalue weighted by Gasteiger charge is -2.32. The minimum absolute atomic E-state index is 0.142. The van der Waals surface area contributed by atoms with Gasteiger partial charge >= 0.3 is 0 Å². The van der Waals surface area contributed by atoms with Gasteiger partial charge in [-0.05, 0) is 45.5 Å². The molecular weight excluding hydrogens is 402 g/mol. The zero-order valence-corrected chi connectivity index (χ0v) is 18.8. The zero-order valence-electron chi connectivity index (χ0n) is 18.0. The van der Waals surface area contributed by atoms with Crippen molar-refractivity contribution >= 4 is 15.9 Å². The summed E-state index contributed by atoms with van der Waals surface area (Å²) in [5, 5.41) is 0. The fraction of sp³-hybridized carbons (Fsp3) is 0.682. The number of fused-ring (bicyclic) bond motifs is 2. The molecule has 1 amide bonds. The maximum absolute atomic E-state index is 13.6. The highest BCUT2D eigenvalue weighted by atomic mass is 32.2. The predicted octanol–water partition coefficient (Wildman–Crippen LogP) is 2.18. The van der Waals surface area contributed by atoms with E-state index in [9.17, 15) is 13.2 Å². The van der Waals surface area contributed by atoms with Crippen LogP contribution in [0.25, 0.3) is 0 Å².